The number of hydrogen-bond donors (Lipinski definition) is 2. The maximum absolute atomic E-state index is 4.42. The highest BCUT2D eigenvalue weighted by atomic mass is 15.3. The quantitative estimate of drug-likeness (QED) is 0.753. The molecule has 0 aliphatic carbocycles. The van der Waals surface area contributed by atoms with Gasteiger partial charge in [-0.05, 0) is 30.2 Å². The van der Waals surface area contributed by atoms with Gasteiger partial charge in [0, 0.05) is 12.2 Å². The van der Waals surface area contributed by atoms with E-state index in [0.29, 0.717) is 18.3 Å². The molecule has 0 saturated heterocycles. The van der Waals surface area contributed by atoms with Crippen LogP contribution >= 0.6 is 0 Å². The third kappa shape index (κ3) is 3.79. The smallest absolute Gasteiger partial charge is 0.244 e. The minimum absolute atomic E-state index is 0.501. The Morgan fingerprint density at radius 3 is 2.68 bits per heavy atom. The van der Waals surface area contributed by atoms with Crippen LogP contribution in [0.3, 0.4) is 0 Å². The number of hydrogen-bond acceptors (Lipinski definition) is 5. The van der Waals surface area contributed by atoms with E-state index in [-0.39, 0.29) is 0 Å². The minimum Gasteiger partial charge on any atom is -0.349 e. The molecule has 0 atom stereocenters. The summed E-state index contributed by atoms with van der Waals surface area (Å²) in [5.74, 6) is 1.16. The predicted octanol–water partition coefficient (Wildman–Crippen LogP) is 3.54. The van der Waals surface area contributed by atoms with Crippen LogP contribution in [0.4, 0.5) is 17.5 Å². The Kier molecular flexibility index (Phi) is 4.25. The van der Waals surface area contributed by atoms with E-state index >= 15 is 0 Å². The first kappa shape index (κ1) is 14.0. The highest BCUT2D eigenvalue weighted by molar-refractivity contribution is 5.56. The van der Waals surface area contributed by atoms with Gasteiger partial charge in [-0.3, -0.25) is 0 Å². The molecule has 5 heteroatoms. The van der Waals surface area contributed by atoms with Crippen LogP contribution in [0.1, 0.15) is 11.1 Å². The first-order valence-electron chi connectivity index (χ1n) is 7.11. The molecule has 0 aliphatic heterocycles. The lowest BCUT2D eigenvalue weighted by atomic mass is 10.2. The van der Waals surface area contributed by atoms with Crippen LogP contribution < -0.4 is 10.6 Å². The van der Waals surface area contributed by atoms with Gasteiger partial charge >= 0.3 is 0 Å². The SMILES string of the molecule is Cc1cccc(Nc2cnnc(NCc3ccccc3)n2)c1. The van der Waals surface area contributed by atoms with Crippen molar-refractivity contribution in [2.24, 2.45) is 0 Å². The molecule has 110 valence electrons. The Bertz CT molecular complexity index is 743. The Morgan fingerprint density at radius 2 is 1.86 bits per heavy atom. The minimum atomic E-state index is 0.501. The van der Waals surface area contributed by atoms with Gasteiger partial charge in [-0.15, -0.1) is 5.10 Å². The average molecular weight is 291 g/mol. The molecule has 2 aromatic carbocycles. The molecular formula is C17H17N5. The van der Waals surface area contributed by atoms with E-state index in [9.17, 15) is 0 Å². The van der Waals surface area contributed by atoms with Crippen LogP contribution in [-0.4, -0.2) is 15.2 Å². The van der Waals surface area contributed by atoms with Crippen LogP contribution in [0.25, 0.3) is 0 Å². The molecule has 2 N–H and O–H groups in total. The van der Waals surface area contributed by atoms with E-state index in [1.807, 2.05) is 30.3 Å². The van der Waals surface area contributed by atoms with Gasteiger partial charge in [-0.1, -0.05) is 42.5 Å². The maximum atomic E-state index is 4.42. The van der Waals surface area contributed by atoms with Gasteiger partial charge in [0.25, 0.3) is 0 Å². The summed E-state index contributed by atoms with van der Waals surface area (Å²) in [6, 6.07) is 18.2. The number of anilines is 3. The van der Waals surface area contributed by atoms with Crippen molar-refractivity contribution in [2.75, 3.05) is 10.6 Å². The summed E-state index contributed by atoms with van der Waals surface area (Å²) in [6.45, 7) is 2.71. The summed E-state index contributed by atoms with van der Waals surface area (Å²) in [5.41, 5.74) is 3.34. The Morgan fingerprint density at radius 1 is 1.00 bits per heavy atom. The second-order valence-electron chi connectivity index (χ2n) is 5.00. The zero-order valence-corrected chi connectivity index (χ0v) is 12.3. The van der Waals surface area contributed by atoms with Crippen molar-refractivity contribution >= 4 is 17.5 Å². The highest BCUT2D eigenvalue weighted by Gasteiger charge is 2.01. The van der Waals surface area contributed by atoms with Crippen molar-refractivity contribution in [2.45, 2.75) is 13.5 Å². The van der Waals surface area contributed by atoms with E-state index < -0.39 is 0 Å². The summed E-state index contributed by atoms with van der Waals surface area (Å²) in [6.07, 6.45) is 1.61. The third-order valence-corrected chi connectivity index (χ3v) is 3.14. The maximum Gasteiger partial charge on any atom is 0.244 e. The second-order valence-corrected chi connectivity index (χ2v) is 5.00. The fourth-order valence-electron chi connectivity index (χ4n) is 2.09. The number of rotatable bonds is 5. The molecular weight excluding hydrogens is 274 g/mol. The molecule has 0 saturated carbocycles. The monoisotopic (exact) mass is 291 g/mol. The molecule has 3 aromatic rings. The largest absolute Gasteiger partial charge is 0.349 e. The van der Waals surface area contributed by atoms with Crippen LogP contribution in [0.5, 0.6) is 0 Å². The van der Waals surface area contributed by atoms with Crippen LogP contribution in [0, 0.1) is 6.92 Å². The Hall–Kier alpha value is -2.95. The summed E-state index contributed by atoms with van der Waals surface area (Å²) in [4.78, 5) is 4.42. The molecule has 0 bridgehead atoms. The topological polar surface area (TPSA) is 62.7 Å². The van der Waals surface area contributed by atoms with Gasteiger partial charge in [-0.2, -0.15) is 10.1 Å². The predicted molar refractivity (Wildman–Crippen MR) is 88.1 cm³/mol. The Balaban J connectivity index is 1.67. The van der Waals surface area contributed by atoms with E-state index in [0.717, 1.165) is 5.69 Å². The molecule has 1 aromatic heterocycles. The first-order valence-corrected chi connectivity index (χ1v) is 7.11. The third-order valence-electron chi connectivity index (χ3n) is 3.14. The van der Waals surface area contributed by atoms with Crippen molar-refractivity contribution < 1.29 is 0 Å². The average Bonchev–Trinajstić information content (AvgIpc) is 2.54. The van der Waals surface area contributed by atoms with Crippen molar-refractivity contribution in [1.29, 1.82) is 0 Å². The van der Waals surface area contributed by atoms with E-state index in [1.165, 1.54) is 11.1 Å². The number of nitrogens with one attached hydrogen (secondary N) is 2. The van der Waals surface area contributed by atoms with Crippen LogP contribution in [0.2, 0.25) is 0 Å². The molecule has 22 heavy (non-hydrogen) atoms. The molecule has 1 heterocycles. The number of benzene rings is 2. The zero-order valence-electron chi connectivity index (χ0n) is 12.3. The van der Waals surface area contributed by atoms with Gasteiger partial charge in [0.1, 0.15) is 0 Å². The van der Waals surface area contributed by atoms with Crippen molar-refractivity contribution in [3.8, 4) is 0 Å². The molecule has 5 nitrogen and oxygen atoms in total. The molecule has 3 rings (SSSR count). The normalized spacial score (nSPS) is 10.2. The zero-order chi connectivity index (χ0) is 15.2. The fourth-order valence-corrected chi connectivity index (χ4v) is 2.09. The summed E-state index contributed by atoms with van der Waals surface area (Å²) >= 11 is 0. The second kappa shape index (κ2) is 6.67. The lowest BCUT2D eigenvalue weighted by molar-refractivity contribution is 0.949. The lowest BCUT2D eigenvalue weighted by Crippen LogP contribution is -2.06. The molecule has 0 aliphatic rings. The van der Waals surface area contributed by atoms with Crippen molar-refractivity contribution in [1.82, 2.24) is 15.2 Å². The van der Waals surface area contributed by atoms with Gasteiger partial charge < -0.3 is 10.6 Å². The van der Waals surface area contributed by atoms with Crippen LogP contribution in [0.15, 0.2) is 60.8 Å². The van der Waals surface area contributed by atoms with Gasteiger partial charge in [0.15, 0.2) is 5.82 Å². The Labute approximate surface area is 129 Å². The molecule has 0 unspecified atom stereocenters. The number of aromatic nitrogens is 3. The van der Waals surface area contributed by atoms with Crippen molar-refractivity contribution in [3.63, 3.8) is 0 Å². The van der Waals surface area contributed by atoms with Crippen LogP contribution in [-0.2, 0) is 6.54 Å². The van der Waals surface area contributed by atoms with E-state index in [2.05, 4.69) is 57.0 Å². The molecule has 0 amide bonds. The summed E-state index contributed by atoms with van der Waals surface area (Å²) in [5, 5.41) is 14.4. The highest BCUT2D eigenvalue weighted by Crippen LogP contribution is 2.15. The first-order chi connectivity index (χ1) is 10.8. The van der Waals surface area contributed by atoms with E-state index in [4.69, 9.17) is 0 Å². The summed E-state index contributed by atoms with van der Waals surface area (Å²) < 4.78 is 0. The fraction of sp³-hybridized carbons (Fsp3) is 0.118. The number of aryl methyl sites for hydroxylation is 1. The lowest BCUT2D eigenvalue weighted by Gasteiger charge is -2.08. The molecule has 0 radical (unpaired) electrons. The summed E-state index contributed by atoms with van der Waals surface area (Å²) in [7, 11) is 0. The van der Waals surface area contributed by atoms with Gasteiger partial charge in [0.05, 0.1) is 6.20 Å². The van der Waals surface area contributed by atoms with Gasteiger partial charge in [0.2, 0.25) is 5.95 Å². The molecule has 0 spiro atoms. The molecule has 0 fully saturated rings. The van der Waals surface area contributed by atoms with E-state index in [1.54, 1.807) is 6.20 Å². The number of nitrogens with zero attached hydrogens (tertiary/aromatic N) is 3. The standard InChI is InChI=1S/C17H17N5/c1-13-6-5-9-15(10-13)20-16-12-19-22-17(21-16)18-11-14-7-3-2-4-8-14/h2-10,12H,11H2,1H3,(H2,18,20,21,22). The van der Waals surface area contributed by atoms with Gasteiger partial charge in [-0.25, -0.2) is 0 Å². The van der Waals surface area contributed by atoms with Crippen molar-refractivity contribution in [3.05, 3.63) is 71.9 Å².